The molecule has 0 spiro atoms. The van der Waals surface area contributed by atoms with Crippen LogP contribution in [0.25, 0.3) is 0 Å². The molecule has 6 nitrogen and oxygen atoms in total. The standard InChI is InChI=1S/C9H12N2O4/c1-9(2,3)15-8(13)11-7-10-4-6(5-12)14-7/h4-5H,1-3H3,(H,10,11,13). The van der Waals surface area contributed by atoms with E-state index in [0.29, 0.717) is 6.29 Å². The number of amides is 1. The molecule has 1 rings (SSSR count). The quantitative estimate of drug-likeness (QED) is 0.756. The van der Waals surface area contributed by atoms with Gasteiger partial charge in [-0.05, 0) is 20.8 Å². The smallest absolute Gasteiger partial charge is 0.415 e. The lowest BCUT2D eigenvalue weighted by Crippen LogP contribution is -2.27. The van der Waals surface area contributed by atoms with Gasteiger partial charge in [-0.2, -0.15) is 0 Å². The maximum absolute atomic E-state index is 11.2. The van der Waals surface area contributed by atoms with Crippen molar-refractivity contribution in [1.29, 1.82) is 0 Å². The minimum absolute atomic E-state index is 0.0426. The highest BCUT2D eigenvalue weighted by atomic mass is 16.6. The van der Waals surface area contributed by atoms with E-state index in [1.54, 1.807) is 20.8 Å². The van der Waals surface area contributed by atoms with Crippen molar-refractivity contribution < 1.29 is 18.7 Å². The van der Waals surface area contributed by atoms with E-state index in [9.17, 15) is 9.59 Å². The number of anilines is 1. The molecule has 0 atom stereocenters. The van der Waals surface area contributed by atoms with Gasteiger partial charge in [0.1, 0.15) is 5.60 Å². The lowest BCUT2D eigenvalue weighted by molar-refractivity contribution is 0.0631. The largest absolute Gasteiger partial charge is 0.443 e. The van der Waals surface area contributed by atoms with Gasteiger partial charge in [0.05, 0.1) is 6.20 Å². The van der Waals surface area contributed by atoms with Crippen molar-refractivity contribution >= 4 is 18.4 Å². The summed E-state index contributed by atoms with van der Waals surface area (Å²) in [5.74, 6) is 0.0426. The fourth-order valence-corrected chi connectivity index (χ4v) is 0.790. The molecular formula is C9H12N2O4. The van der Waals surface area contributed by atoms with E-state index in [1.165, 1.54) is 6.20 Å². The summed E-state index contributed by atoms with van der Waals surface area (Å²) in [6.07, 6.45) is 1.02. The molecule has 0 radical (unpaired) electrons. The third-order valence-corrected chi connectivity index (χ3v) is 1.25. The minimum atomic E-state index is -0.679. The highest BCUT2D eigenvalue weighted by Gasteiger charge is 2.17. The Balaban J connectivity index is 2.55. The van der Waals surface area contributed by atoms with Gasteiger partial charge in [-0.1, -0.05) is 0 Å². The van der Waals surface area contributed by atoms with E-state index < -0.39 is 11.7 Å². The topological polar surface area (TPSA) is 81.4 Å². The second-order valence-electron chi connectivity index (χ2n) is 3.81. The van der Waals surface area contributed by atoms with Gasteiger partial charge in [-0.15, -0.1) is 0 Å². The lowest BCUT2D eigenvalue weighted by atomic mass is 10.2. The number of oxazole rings is 1. The molecule has 0 saturated carbocycles. The Morgan fingerprint density at radius 3 is 2.73 bits per heavy atom. The predicted octanol–water partition coefficient (Wildman–Crippen LogP) is 1.83. The number of nitrogens with one attached hydrogen (secondary N) is 1. The van der Waals surface area contributed by atoms with Crippen LogP contribution in [0.5, 0.6) is 0 Å². The Morgan fingerprint density at radius 2 is 2.27 bits per heavy atom. The summed E-state index contributed by atoms with van der Waals surface area (Å²) < 4.78 is 9.77. The molecule has 0 saturated heterocycles. The van der Waals surface area contributed by atoms with Crippen LogP contribution < -0.4 is 5.32 Å². The summed E-state index contributed by atoms with van der Waals surface area (Å²) in [4.78, 5) is 25.1. The number of nitrogens with zero attached hydrogens (tertiary/aromatic N) is 1. The Bertz CT molecular complexity index is 364. The van der Waals surface area contributed by atoms with E-state index in [4.69, 9.17) is 9.15 Å². The number of carbonyl (C=O) groups is 2. The predicted molar refractivity (Wildman–Crippen MR) is 51.7 cm³/mol. The maximum Gasteiger partial charge on any atom is 0.415 e. The number of aromatic nitrogens is 1. The molecule has 6 heteroatoms. The van der Waals surface area contributed by atoms with Gasteiger partial charge in [-0.3, -0.25) is 4.79 Å². The number of rotatable bonds is 2. The second kappa shape index (κ2) is 4.12. The molecule has 1 aromatic heterocycles. The summed E-state index contributed by atoms with van der Waals surface area (Å²) in [6, 6.07) is -0.0636. The molecular weight excluding hydrogens is 200 g/mol. The van der Waals surface area contributed by atoms with Crippen molar-refractivity contribution in [3.05, 3.63) is 12.0 Å². The van der Waals surface area contributed by atoms with Gasteiger partial charge >= 0.3 is 12.1 Å². The monoisotopic (exact) mass is 212 g/mol. The fourth-order valence-electron chi connectivity index (χ4n) is 0.790. The molecule has 0 aliphatic carbocycles. The summed E-state index contributed by atoms with van der Waals surface area (Å²) in [6.45, 7) is 5.21. The Hall–Kier alpha value is -1.85. The zero-order chi connectivity index (χ0) is 11.5. The van der Waals surface area contributed by atoms with Crippen molar-refractivity contribution in [2.24, 2.45) is 0 Å². The van der Waals surface area contributed by atoms with Crippen molar-refractivity contribution in [3.8, 4) is 0 Å². The van der Waals surface area contributed by atoms with Crippen LogP contribution in [0.1, 0.15) is 31.3 Å². The van der Waals surface area contributed by atoms with Crippen LogP contribution in [0.15, 0.2) is 10.6 Å². The summed E-state index contributed by atoms with van der Waals surface area (Å²) >= 11 is 0. The van der Waals surface area contributed by atoms with Gasteiger partial charge in [0.25, 0.3) is 0 Å². The molecule has 1 N–H and O–H groups in total. The number of hydrogen-bond donors (Lipinski definition) is 1. The molecule has 0 aliphatic rings. The zero-order valence-electron chi connectivity index (χ0n) is 8.73. The Labute approximate surface area is 86.6 Å². The van der Waals surface area contributed by atoms with E-state index in [0.717, 1.165) is 0 Å². The average Bonchev–Trinajstić information content (AvgIpc) is 2.48. The highest BCUT2D eigenvalue weighted by molar-refractivity contribution is 5.82. The molecule has 1 aromatic rings. The summed E-state index contributed by atoms with van der Waals surface area (Å²) in [5, 5.41) is 2.26. The van der Waals surface area contributed by atoms with Crippen molar-refractivity contribution in [2.75, 3.05) is 5.32 Å². The number of ether oxygens (including phenoxy) is 1. The fraction of sp³-hybridized carbons (Fsp3) is 0.444. The zero-order valence-corrected chi connectivity index (χ0v) is 8.73. The lowest BCUT2D eigenvalue weighted by Gasteiger charge is -2.18. The van der Waals surface area contributed by atoms with Gasteiger partial charge in [0.15, 0.2) is 12.0 Å². The third kappa shape index (κ3) is 3.80. The van der Waals surface area contributed by atoms with E-state index >= 15 is 0 Å². The second-order valence-corrected chi connectivity index (χ2v) is 3.81. The maximum atomic E-state index is 11.2. The molecule has 0 aliphatic heterocycles. The molecule has 0 unspecified atom stereocenters. The molecule has 1 amide bonds. The average molecular weight is 212 g/mol. The van der Waals surface area contributed by atoms with E-state index in [2.05, 4.69) is 10.3 Å². The van der Waals surface area contributed by atoms with E-state index in [-0.39, 0.29) is 11.8 Å². The van der Waals surface area contributed by atoms with Crippen LogP contribution in [-0.4, -0.2) is 23.0 Å². The van der Waals surface area contributed by atoms with Crippen LogP contribution in [0.2, 0.25) is 0 Å². The molecule has 0 aromatic carbocycles. The number of hydrogen-bond acceptors (Lipinski definition) is 5. The van der Waals surface area contributed by atoms with Crippen LogP contribution >= 0.6 is 0 Å². The molecule has 0 fully saturated rings. The highest BCUT2D eigenvalue weighted by Crippen LogP contribution is 2.11. The van der Waals surface area contributed by atoms with Crippen molar-refractivity contribution in [2.45, 2.75) is 26.4 Å². The van der Waals surface area contributed by atoms with Crippen molar-refractivity contribution in [3.63, 3.8) is 0 Å². The SMILES string of the molecule is CC(C)(C)OC(=O)Nc1ncc(C=O)o1. The molecule has 82 valence electrons. The van der Waals surface area contributed by atoms with Crippen LogP contribution in [0.4, 0.5) is 10.8 Å². The van der Waals surface area contributed by atoms with Crippen LogP contribution in [-0.2, 0) is 4.74 Å². The van der Waals surface area contributed by atoms with E-state index in [1.807, 2.05) is 0 Å². The molecule has 1 heterocycles. The number of aldehydes is 1. The first kappa shape index (κ1) is 11.2. The minimum Gasteiger partial charge on any atom is -0.443 e. The normalized spacial score (nSPS) is 10.9. The van der Waals surface area contributed by atoms with Gasteiger partial charge < -0.3 is 9.15 Å². The molecule has 15 heavy (non-hydrogen) atoms. The van der Waals surface area contributed by atoms with Gasteiger partial charge in [0, 0.05) is 0 Å². The summed E-state index contributed by atoms with van der Waals surface area (Å²) in [7, 11) is 0. The van der Waals surface area contributed by atoms with Crippen LogP contribution in [0.3, 0.4) is 0 Å². The third-order valence-electron chi connectivity index (χ3n) is 1.25. The number of carbonyl (C=O) groups excluding carboxylic acids is 2. The Kier molecular flexibility index (Phi) is 3.08. The first-order chi connectivity index (χ1) is 6.90. The molecule has 0 bridgehead atoms. The summed E-state index contributed by atoms with van der Waals surface area (Å²) in [5.41, 5.74) is -0.593. The first-order valence-electron chi connectivity index (χ1n) is 4.32. The first-order valence-corrected chi connectivity index (χ1v) is 4.32. The Morgan fingerprint density at radius 1 is 1.60 bits per heavy atom. The van der Waals surface area contributed by atoms with Crippen molar-refractivity contribution in [1.82, 2.24) is 4.98 Å². The van der Waals surface area contributed by atoms with Gasteiger partial charge in [-0.25, -0.2) is 15.1 Å². The van der Waals surface area contributed by atoms with Gasteiger partial charge in [0.2, 0.25) is 0 Å². The van der Waals surface area contributed by atoms with Crippen LogP contribution in [0, 0.1) is 0 Å².